The molecule has 2 aromatic carbocycles. The van der Waals surface area contributed by atoms with Crippen LogP contribution in [0.4, 0.5) is 4.79 Å². The molecule has 2 aromatic rings. The number of hydrogen-bond donors (Lipinski definition) is 4. The summed E-state index contributed by atoms with van der Waals surface area (Å²) in [7, 11) is 0. The zero-order valence-corrected chi connectivity index (χ0v) is 21.6. The van der Waals surface area contributed by atoms with Gasteiger partial charge in [0, 0.05) is 24.1 Å². The van der Waals surface area contributed by atoms with Crippen LogP contribution >= 0.6 is 0 Å². The standard InChI is InChI=1S/C29H39N3O5/c1-20-9-2-6-14-24(20)37-25-15-7-5-13-23(25)29(36,27(33)21-10-3-4-11-21)17-16-26(30)32(28(34)35)22-12-8-18-31-19-22/h2,5-7,9,13-15,21-22,26,31,36H,3-4,8,10-12,16-19,30H2,1H3,(H,34,35). The van der Waals surface area contributed by atoms with E-state index in [9.17, 15) is 19.8 Å². The van der Waals surface area contributed by atoms with E-state index in [2.05, 4.69) is 5.32 Å². The van der Waals surface area contributed by atoms with E-state index in [0.717, 1.165) is 50.6 Å². The highest BCUT2D eigenvalue weighted by Crippen LogP contribution is 2.42. The number of ether oxygens (including phenoxy) is 1. The Morgan fingerprint density at radius 3 is 2.41 bits per heavy atom. The van der Waals surface area contributed by atoms with Gasteiger partial charge in [0.05, 0.1) is 6.17 Å². The van der Waals surface area contributed by atoms with E-state index in [1.165, 1.54) is 4.90 Å². The molecule has 1 aliphatic carbocycles. The van der Waals surface area contributed by atoms with Crippen LogP contribution in [0.5, 0.6) is 11.5 Å². The minimum absolute atomic E-state index is 0.00156. The molecule has 1 heterocycles. The Hall–Kier alpha value is -2.94. The van der Waals surface area contributed by atoms with Crippen LogP contribution in [-0.2, 0) is 10.4 Å². The van der Waals surface area contributed by atoms with E-state index in [-0.39, 0.29) is 30.6 Å². The van der Waals surface area contributed by atoms with Gasteiger partial charge in [0.2, 0.25) is 0 Å². The third kappa shape index (κ3) is 6.14. The molecule has 0 aromatic heterocycles. The zero-order chi connectivity index (χ0) is 26.4. The van der Waals surface area contributed by atoms with Gasteiger partial charge in [-0.1, -0.05) is 49.2 Å². The second-order valence-electron chi connectivity index (χ2n) is 10.4. The number of hydrogen-bond acceptors (Lipinski definition) is 6. The van der Waals surface area contributed by atoms with Crippen molar-refractivity contribution in [2.24, 2.45) is 11.7 Å². The molecule has 200 valence electrons. The first kappa shape index (κ1) is 27.1. The van der Waals surface area contributed by atoms with E-state index in [1.54, 1.807) is 18.2 Å². The average Bonchev–Trinajstić information content (AvgIpc) is 3.44. The first-order valence-corrected chi connectivity index (χ1v) is 13.4. The molecule has 1 amide bonds. The van der Waals surface area contributed by atoms with Crippen molar-refractivity contribution in [3.8, 4) is 11.5 Å². The number of carbonyl (C=O) groups is 2. The lowest BCUT2D eigenvalue weighted by atomic mass is 9.78. The highest BCUT2D eigenvalue weighted by molar-refractivity contribution is 5.91. The molecule has 3 unspecified atom stereocenters. The normalized spacial score (nSPS) is 20.7. The van der Waals surface area contributed by atoms with Crippen molar-refractivity contribution in [2.75, 3.05) is 13.1 Å². The summed E-state index contributed by atoms with van der Waals surface area (Å²) in [6.45, 7) is 3.33. The van der Waals surface area contributed by atoms with Gasteiger partial charge in [-0.05, 0) is 69.7 Å². The third-order valence-corrected chi connectivity index (χ3v) is 7.82. The second-order valence-corrected chi connectivity index (χ2v) is 10.4. The van der Waals surface area contributed by atoms with Gasteiger partial charge in [0.15, 0.2) is 11.4 Å². The van der Waals surface area contributed by atoms with Crippen molar-refractivity contribution in [3.63, 3.8) is 0 Å². The highest BCUT2D eigenvalue weighted by Gasteiger charge is 2.45. The predicted octanol–water partition coefficient (Wildman–Crippen LogP) is 4.53. The lowest BCUT2D eigenvalue weighted by Crippen LogP contribution is -2.56. The van der Waals surface area contributed by atoms with Gasteiger partial charge in [-0.25, -0.2) is 4.79 Å². The van der Waals surface area contributed by atoms with Crippen LogP contribution in [0, 0.1) is 12.8 Å². The number of carbonyl (C=O) groups excluding carboxylic acids is 1. The van der Waals surface area contributed by atoms with Gasteiger partial charge in [-0.2, -0.15) is 0 Å². The minimum atomic E-state index is -1.85. The van der Waals surface area contributed by atoms with Crippen molar-refractivity contribution < 1.29 is 24.5 Å². The summed E-state index contributed by atoms with van der Waals surface area (Å²) in [6.07, 6.45) is 3.18. The van der Waals surface area contributed by atoms with Crippen LogP contribution in [-0.4, -0.2) is 52.3 Å². The summed E-state index contributed by atoms with van der Waals surface area (Å²) in [5.41, 5.74) is 5.91. The quantitative estimate of drug-likeness (QED) is 0.347. The van der Waals surface area contributed by atoms with Gasteiger partial charge < -0.3 is 26.0 Å². The molecule has 8 heteroatoms. The SMILES string of the molecule is Cc1ccccc1Oc1ccccc1C(O)(CCC(N)N(C(=O)O)C1CCCNC1)C(=O)C1CCCC1. The van der Waals surface area contributed by atoms with Crippen LogP contribution < -0.4 is 15.8 Å². The van der Waals surface area contributed by atoms with Crippen LogP contribution in [0.25, 0.3) is 0 Å². The highest BCUT2D eigenvalue weighted by atomic mass is 16.5. The van der Waals surface area contributed by atoms with Crippen molar-refractivity contribution in [1.82, 2.24) is 10.2 Å². The van der Waals surface area contributed by atoms with E-state index >= 15 is 0 Å². The molecular weight excluding hydrogens is 470 g/mol. The third-order valence-electron chi connectivity index (χ3n) is 7.82. The number of carboxylic acid groups (broad SMARTS) is 1. The maximum Gasteiger partial charge on any atom is 0.408 e. The maximum atomic E-state index is 13.9. The summed E-state index contributed by atoms with van der Waals surface area (Å²) in [6, 6.07) is 14.4. The molecular formula is C29H39N3O5. The number of aryl methyl sites for hydroxylation is 1. The Labute approximate surface area is 218 Å². The molecule has 2 aliphatic rings. The van der Waals surface area contributed by atoms with Crippen molar-refractivity contribution >= 4 is 11.9 Å². The fourth-order valence-electron chi connectivity index (χ4n) is 5.74. The number of ketones is 1. The van der Waals surface area contributed by atoms with Crippen LogP contribution in [0.15, 0.2) is 48.5 Å². The molecule has 37 heavy (non-hydrogen) atoms. The second kappa shape index (κ2) is 12.1. The minimum Gasteiger partial charge on any atom is -0.465 e. The van der Waals surface area contributed by atoms with E-state index < -0.39 is 17.9 Å². The predicted molar refractivity (Wildman–Crippen MR) is 142 cm³/mol. The number of nitrogens with two attached hydrogens (primary N) is 1. The first-order chi connectivity index (χ1) is 17.8. The van der Waals surface area contributed by atoms with Gasteiger partial charge in [-0.3, -0.25) is 9.69 Å². The maximum absolute atomic E-state index is 13.9. The Kier molecular flexibility index (Phi) is 8.84. The Morgan fingerprint density at radius 1 is 1.08 bits per heavy atom. The summed E-state index contributed by atoms with van der Waals surface area (Å²) in [5, 5.41) is 25.3. The molecule has 4 rings (SSSR count). The molecule has 1 saturated carbocycles. The summed E-state index contributed by atoms with van der Waals surface area (Å²) >= 11 is 0. The number of nitrogens with zero attached hydrogens (tertiary/aromatic N) is 1. The molecule has 5 N–H and O–H groups in total. The van der Waals surface area contributed by atoms with Gasteiger partial charge >= 0.3 is 6.09 Å². The number of piperidine rings is 1. The van der Waals surface area contributed by atoms with Gasteiger partial charge in [0.25, 0.3) is 0 Å². The molecule has 0 spiro atoms. The zero-order valence-electron chi connectivity index (χ0n) is 21.6. The molecule has 2 fully saturated rings. The number of Topliss-reactive ketones (excluding diaryl/α,β-unsaturated/α-hetero) is 1. The number of nitrogens with one attached hydrogen (secondary N) is 1. The molecule has 0 radical (unpaired) electrons. The Balaban J connectivity index is 1.64. The van der Waals surface area contributed by atoms with Crippen molar-refractivity contribution in [1.29, 1.82) is 0 Å². The van der Waals surface area contributed by atoms with Crippen LogP contribution in [0.3, 0.4) is 0 Å². The largest absolute Gasteiger partial charge is 0.465 e. The Morgan fingerprint density at radius 2 is 1.76 bits per heavy atom. The number of amides is 1. The van der Waals surface area contributed by atoms with Crippen molar-refractivity contribution in [3.05, 3.63) is 59.7 Å². The monoisotopic (exact) mass is 509 g/mol. The number of benzene rings is 2. The van der Waals surface area contributed by atoms with Crippen LogP contribution in [0.1, 0.15) is 62.5 Å². The lowest BCUT2D eigenvalue weighted by Gasteiger charge is -2.38. The summed E-state index contributed by atoms with van der Waals surface area (Å²) in [5.74, 6) is 0.570. The summed E-state index contributed by atoms with van der Waals surface area (Å²) < 4.78 is 6.23. The number of para-hydroxylation sites is 2. The first-order valence-electron chi connectivity index (χ1n) is 13.4. The number of aliphatic hydroxyl groups is 1. The van der Waals surface area contributed by atoms with Gasteiger partial charge in [0.1, 0.15) is 11.5 Å². The van der Waals surface area contributed by atoms with E-state index in [1.807, 2.05) is 37.3 Å². The molecule has 1 saturated heterocycles. The topological polar surface area (TPSA) is 125 Å². The van der Waals surface area contributed by atoms with Gasteiger partial charge in [-0.15, -0.1) is 0 Å². The van der Waals surface area contributed by atoms with Crippen molar-refractivity contribution in [2.45, 2.75) is 76.1 Å². The molecule has 0 bridgehead atoms. The molecule has 8 nitrogen and oxygen atoms in total. The smallest absolute Gasteiger partial charge is 0.408 e. The van der Waals surface area contributed by atoms with E-state index in [4.69, 9.17) is 10.5 Å². The lowest BCUT2D eigenvalue weighted by molar-refractivity contribution is -0.144. The van der Waals surface area contributed by atoms with Crippen LogP contribution in [0.2, 0.25) is 0 Å². The summed E-state index contributed by atoms with van der Waals surface area (Å²) in [4.78, 5) is 27.3. The fourth-order valence-corrected chi connectivity index (χ4v) is 5.74. The molecule has 1 aliphatic heterocycles. The Bertz CT molecular complexity index is 1080. The molecule has 3 atom stereocenters. The average molecular weight is 510 g/mol. The van der Waals surface area contributed by atoms with E-state index in [0.29, 0.717) is 23.6 Å². The number of rotatable bonds is 10. The fraction of sp³-hybridized carbons (Fsp3) is 0.517.